The molecule has 1 aromatic carbocycles. The minimum atomic E-state index is -0.371. The summed E-state index contributed by atoms with van der Waals surface area (Å²) in [5, 5.41) is 0.615. The summed E-state index contributed by atoms with van der Waals surface area (Å²) in [7, 11) is 0. The van der Waals surface area contributed by atoms with Crippen molar-refractivity contribution in [2.24, 2.45) is 5.41 Å². The number of carbonyl (C=O) groups is 1. The molecule has 1 aromatic rings. The molecule has 0 radical (unpaired) electrons. The lowest BCUT2D eigenvalue weighted by atomic mass is 9.81. The smallest absolute Gasteiger partial charge is 0.172 e. The topological polar surface area (TPSA) is 26.3 Å². The summed E-state index contributed by atoms with van der Waals surface area (Å²) in [4.78, 5) is 12.5. The van der Waals surface area contributed by atoms with E-state index in [1.807, 2.05) is 26.8 Å². The van der Waals surface area contributed by atoms with E-state index in [2.05, 4.69) is 0 Å². The van der Waals surface area contributed by atoms with E-state index in [4.69, 9.17) is 16.3 Å². The standard InChI is InChI=1S/C14H17ClO2/c1-4-14(2,3)13(16)11-8-10(15)7-9-5-6-17-12(9)11/h7-8H,4-6H2,1-3H3. The second kappa shape index (κ2) is 4.34. The van der Waals surface area contributed by atoms with Gasteiger partial charge in [-0.2, -0.15) is 0 Å². The molecule has 0 N–H and O–H groups in total. The normalized spacial score (nSPS) is 14.4. The molecule has 0 saturated heterocycles. The molecule has 1 aliphatic rings. The number of fused-ring (bicyclic) bond motifs is 1. The number of hydrogen-bond donors (Lipinski definition) is 0. The van der Waals surface area contributed by atoms with E-state index in [1.165, 1.54) is 0 Å². The van der Waals surface area contributed by atoms with Gasteiger partial charge < -0.3 is 4.74 Å². The number of ketones is 1. The van der Waals surface area contributed by atoms with Crippen molar-refractivity contribution in [1.29, 1.82) is 0 Å². The van der Waals surface area contributed by atoms with Crippen molar-refractivity contribution in [1.82, 2.24) is 0 Å². The van der Waals surface area contributed by atoms with Crippen LogP contribution in [0.15, 0.2) is 12.1 Å². The van der Waals surface area contributed by atoms with E-state index in [0.717, 1.165) is 24.2 Å². The zero-order valence-electron chi connectivity index (χ0n) is 10.5. The van der Waals surface area contributed by atoms with Crippen molar-refractivity contribution in [3.63, 3.8) is 0 Å². The third-order valence-corrected chi connectivity index (χ3v) is 3.71. The number of ether oxygens (including phenoxy) is 1. The molecule has 1 heterocycles. The molecule has 2 nitrogen and oxygen atoms in total. The van der Waals surface area contributed by atoms with Crippen LogP contribution in [0.2, 0.25) is 5.02 Å². The van der Waals surface area contributed by atoms with Crippen LogP contribution in [0.1, 0.15) is 43.1 Å². The summed E-state index contributed by atoms with van der Waals surface area (Å²) in [6, 6.07) is 3.62. The summed E-state index contributed by atoms with van der Waals surface area (Å²) >= 11 is 6.06. The van der Waals surface area contributed by atoms with E-state index >= 15 is 0 Å². The number of halogens is 1. The average molecular weight is 253 g/mol. The van der Waals surface area contributed by atoms with Gasteiger partial charge in [0.2, 0.25) is 0 Å². The first-order valence-electron chi connectivity index (χ1n) is 5.95. The van der Waals surface area contributed by atoms with Gasteiger partial charge in [-0.25, -0.2) is 0 Å². The van der Waals surface area contributed by atoms with E-state index in [1.54, 1.807) is 6.07 Å². The van der Waals surface area contributed by atoms with E-state index < -0.39 is 0 Å². The molecule has 2 rings (SSSR count). The average Bonchev–Trinajstić information content (AvgIpc) is 2.74. The van der Waals surface area contributed by atoms with Gasteiger partial charge in [0.05, 0.1) is 12.2 Å². The third-order valence-electron chi connectivity index (χ3n) is 3.49. The number of Topliss-reactive ketones (excluding diaryl/α,β-unsaturated/α-hetero) is 1. The van der Waals surface area contributed by atoms with Crippen LogP contribution in [0, 0.1) is 5.41 Å². The maximum absolute atomic E-state index is 12.5. The lowest BCUT2D eigenvalue weighted by Crippen LogP contribution is -2.23. The van der Waals surface area contributed by atoms with Crippen LogP contribution in [-0.4, -0.2) is 12.4 Å². The molecule has 0 aromatic heterocycles. The number of rotatable bonds is 3. The van der Waals surface area contributed by atoms with Gasteiger partial charge in [-0.1, -0.05) is 32.4 Å². The molecule has 0 saturated carbocycles. The second-order valence-corrected chi connectivity index (χ2v) is 5.54. The predicted octanol–water partition coefficient (Wildman–Crippen LogP) is 3.89. The Kier molecular flexibility index (Phi) is 3.17. The van der Waals surface area contributed by atoms with E-state index in [-0.39, 0.29) is 11.2 Å². The molecule has 0 fully saturated rings. The monoisotopic (exact) mass is 252 g/mol. The third kappa shape index (κ3) is 2.19. The second-order valence-electron chi connectivity index (χ2n) is 5.11. The Balaban J connectivity index is 2.49. The van der Waals surface area contributed by atoms with Gasteiger partial charge in [0.15, 0.2) is 5.78 Å². The zero-order valence-corrected chi connectivity index (χ0v) is 11.2. The Labute approximate surface area is 107 Å². The highest BCUT2D eigenvalue weighted by Gasteiger charge is 2.31. The fourth-order valence-electron chi connectivity index (χ4n) is 1.96. The van der Waals surface area contributed by atoms with Gasteiger partial charge in [0.25, 0.3) is 0 Å². The Hall–Kier alpha value is -1.02. The highest BCUT2D eigenvalue weighted by molar-refractivity contribution is 6.31. The molecular formula is C14H17ClO2. The first-order chi connectivity index (χ1) is 7.95. The van der Waals surface area contributed by atoms with Gasteiger partial charge >= 0.3 is 0 Å². The summed E-state index contributed by atoms with van der Waals surface area (Å²) < 4.78 is 5.57. The SMILES string of the molecule is CCC(C)(C)C(=O)c1cc(Cl)cc2c1OCC2. The summed E-state index contributed by atoms with van der Waals surface area (Å²) in [6.07, 6.45) is 1.63. The molecule has 92 valence electrons. The number of carbonyl (C=O) groups excluding carboxylic acids is 1. The van der Waals surface area contributed by atoms with Crippen molar-refractivity contribution in [3.05, 3.63) is 28.3 Å². The Morgan fingerprint density at radius 2 is 2.18 bits per heavy atom. The Bertz CT molecular complexity index is 464. The van der Waals surface area contributed by atoms with Crippen molar-refractivity contribution in [2.45, 2.75) is 33.6 Å². The highest BCUT2D eigenvalue weighted by Crippen LogP contribution is 2.37. The number of benzene rings is 1. The molecule has 17 heavy (non-hydrogen) atoms. The first-order valence-corrected chi connectivity index (χ1v) is 6.33. The van der Waals surface area contributed by atoms with Crippen LogP contribution in [0.4, 0.5) is 0 Å². The van der Waals surface area contributed by atoms with Crippen molar-refractivity contribution < 1.29 is 9.53 Å². The minimum absolute atomic E-state index is 0.112. The van der Waals surface area contributed by atoms with Crippen LogP contribution >= 0.6 is 11.6 Å². The van der Waals surface area contributed by atoms with Crippen LogP contribution < -0.4 is 4.74 Å². The maximum Gasteiger partial charge on any atom is 0.172 e. The van der Waals surface area contributed by atoms with Gasteiger partial charge in [0, 0.05) is 16.9 Å². The lowest BCUT2D eigenvalue weighted by molar-refractivity contribution is 0.0829. The zero-order chi connectivity index (χ0) is 12.6. The Morgan fingerprint density at radius 1 is 1.47 bits per heavy atom. The Morgan fingerprint density at radius 3 is 2.82 bits per heavy atom. The summed E-state index contributed by atoms with van der Waals surface area (Å²) in [5.74, 6) is 0.849. The van der Waals surface area contributed by atoms with E-state index in [9.17, 15) is 4.79 Å². The predicted molar refractivity (Wildman–Crippen MR) is 69.1 cm³/mol. The minimum Gasteiger partial charge on any atom is -0.492 e. The van der Waals surface area contributed by atoms with Crippen LogP contribution in [-0.2, 0) is 6.42 Å². The van der Waals surface area contributed by atoms with Crippen molar-refractivity contribution >= 4 is 17.4 Å². The van der Waals surface area contributed by atoms with E-state index in [0.29, 0.717) is 17.2 Å². The molecule has 0 atom stereocenters. The molecule has 0 amide bonds. The molecule has 3 heteroatoms. The molecular weight excluding hydrogens is 236 g/mol. The largest absolute Gasteiger partial charge is 0.492 e. The molecule has 0 bridgehead atoms. The summed E-state index contributed by atoms with van der Waals surface area (Å²) in [5.41, 5.74) is 1.31. The lowest BCUT2D eigenvalue weighted by Gasteiger charge is -2.22. The van der Waals surface area contributed by atoms with Gasteiger partial charge in [-0.3, -0.25) is 4.79 Å². The van der Waals surface area contributed by atoms with Gasteiger partial charge in [-0.15, -0.1) is 0 Å². The molecule has 0 aliphatic carbocycles. The fourth-order valence-corrected chi connectivity index (χ4v) is 2.20. The van der Waals surface area contributed by atoms with Crippen molar-refractivity contribution in [3.8, 4) is 5.75 Å². The number of hydrogen-bond acceptors (Lipinski definition) is 2. The molecule has 0 spiro atoms. The first kappa shape index (κ1) is 12.4. The quantitative estimate of drug-likeness (QED) is 0.763. The molecule has 0 unspecified atom stereocenters. The maximum atomic E-state index is 12.5. The highest BCUT2D eigenvalue weighted by atomic mass is 35.5. The van der Waals surface area contributed by atoms with Gasteiger partial charge in [-0.05, 0) is 24.1 Å². The fraction of sp³-hybridized carbons (Fsp3) is 0.500. The van der Waals surface area contributed by atoms with Crippen LogP contribution in [0.3, 0.4) is 0 Å². The van der Waals surface area contributed by atoms with Crippen LogP contribution in [0.5, 0.6) is 5.75 Å². The van der Waals surface area contributed by atoms with Gasteiger partial charge in [0.1, 0.15) is 5.75 Å². The molecule has 1 aliphatic heterocycles. The van der Waals surface area contributed by atoms with Crippen LogP contribution in [0.25, 0.3) is 0 Å². The van der Waals surface area contributed by atoms with Crippen molar-refractivity contribution in [2.75, 3.05) is 6.61 Å². The summed E-state index contributed by atoms with van der Waals surface area (Å²) in [6.45, 7) is 6.57.